The van der Waals surface area contributed by atoms with Gasteiger partial charge in [0.15, 0.2) is 0 Å². The van der Waals surface area contributed by atoms with Gasteiger partial charge in [-0.3, -0.25) is 4.79 Å². The average Bonchev–Trinajstić information content (AvgIpc) is 3.08. The zero-order valence-corrected chi connectivity index (χ0v) is 16.7. The van der Waals surface area contributed by atoms with Gasteiger partial charge in [0.1, 0.15) is 4.21 Å². The van der Waals surface area contributed by atoms with Gasteiger partial charge in [0, 0.05) is 30.4 Å². The van der Waals surface area contributed by atoms with E-state index in [1.165, 1.54) is 21.2 Å². The lowest BCUT2D eigenvalue weighted by Gasteiger charge is -2.30. The molecule has 1 amide bonds. The summed E-state index contributed by atoms with van der Waals surface area (Å²) in [4.78, 5) is 13.4. The first-order valence-corrected chi connectivity index (χ1v) is 11.0. The molecule has 26 heavy (non-hydrogen) atoms. The van der Waals surface area contributed by atoms with Crippen LogP contribution in [0.1, 0.15) is 28.8 Å². The number of amides is 1. The van der Waals surface area contributed by atoms with Crippen molar-refractivity contribution in [3.05, 3.63) is 52.4 Å². The molecule has 0 bridgehead atoms. The molecule has 2 aromatic rings. The van der Waals surface area contributed by atoms with Gasteiger partial charge in [-0.05, 0) is 44.4 Å². The van der Waals surface area contributed by atoms with E-state index in [0.29, 0.717) is 36.7 Å². The van der Waals surface area contributed by atoms with E-state index in [-0.39, 0.29) is 11.8 Å². The van der Waals surface area contributed by atoms with Gasteiger partial charge in [-0.15, -0.1) is 11.3 Å². The van der Waals surface area contributed by atoms with Crippen LogP contribution in [0, 0.1) is 19.8 Å². The number of carbonyl (C=O) groups is 1. The summed E-state index contributed by atoms with van der Waals surface area (Å²) in [5, 5.41) is 2.97. The predicted octanol–water partition coefficient (Wildman–Crippen LogP) is 3.08. The number of rotatable bonds is 5. The van der Waals surface area contributed by atoms with Gasteiger partial charge in [-0.1, -0.05) is 29.8 Å². The van der Waals surface area contributed by atoms with E-state index in [9.17, 15) is 13.2 Å². The summed E-state index contributed by atoms with van der Waals surface area (Å²) in [5.41, 5.74) is 2.26. The van der Waals surface area contributed by atoms with Crippen molar-refractivity contribution >= 4 is 27.3 Å². The lowest BCUT2D eigenvalue weighted by Crippen LogP contribution is -2.42. The highest BCUT2D eigenvalue weighted by Gasteiger charge is 2.32. The molecule has 7 heteroatoms. The molecule has 3 rings (SSSR count). The molecule has 0 saturated carbocycles. The van der Waals surface area contributed by atoms with Crippen LogP contribution in [-0.4, -0.2) is 31.7 Å². The van der Waals surface area contributed by atoms with Crippen LogP contribution in [0.2, 0.25) is 0 Å². The van der Waals surface area contributed by atoms with Crippen LogP contribution in [0.4, 0.5) is 0 Å². The summed E-state index contributed by atoms with van der Waals surface area (Å²) in [6.07, 6.45) is 1.12. The molecule has 1 N–H and O–H groups in total. The maximum atomic E-state index is 12.7. The highest BCUT2D eigenvalue weighted by Crippen LogP contribution is 2.28. The van der Waals surface area contributed by atoms with Crippen molar-refractivity contribution in [2.75, 3.05) is 13.1 Å². The van der Waals surface area contributed by atoms with Gasteiger partial charge < -0.3 is 5.32 Å². The minimum absolute atomic E-state index is 0.00888. The molecule has 0 aliphatic carbocycles. The fraction of sp³-hybridized carbons (Fsp3) is 0.421. The van der Waals surface area contributed by atoms with Crippen LogP contribution >= 0.6 is 11.3 Å². The Hall–Kier alpha value is -1.70. The first-order chi connectivity index (χ1) is 12.4. The Morgan fingerprint density at radius 2 is 1.77 bits per heavy atom. The van der Waals surface area contributed by atoms with Crippen molar-refractivity contribution in [3.63, 3.8) is 0 Å². The van der Waals surface area contributed by atoms with Gasteiger partial charge in [-0.25, -0.2) is 8.42 Å². The number of sulfonamides is 1. The molecule has 1 fully saturated rings. The van der Waals surface area contributed by atoms with E-state index in [2.05, 4.69) is 5.32 Å². The number of nitrogens with one attached hydrogen (secondary N) is 1. The molecule has 1 aliphatic heterocycles. The van der Waals surface area contributed by atoms with E-state index in [1.807, 2.05) is 44.2 Å². The number of carbonyl (C=O) groups excluding carboxylic acids is 1. The minimum atomic E-state index is -3.43. The van der Waals surface area contributed by atoms with Crippen LogP contribution < -0.4 is 5.32 Å². The molecule has 2 heterocycles. The van der Waals surface area contributed by atoms with Gasteiger partial charge in [0.2, 0.25) is 5.91 Å². The van der Waals surface area contributed by atoms with Crippen LogP contribution in [0.5, 0.6) is 0 Å². The monoisotopic (exact) mass is 392 g/mol. The van der Waals surface area contributed by atoms with E-state index in [4.69, 9.17) is 0 Å². The number of hydrogen-bond donors (Lipinski definition) is 1. The summed E-state index contributed by atoms with van der Waals surface area (Å²) >= 11 is 1.29. The zero-order chi connectivity index (χ0) is 18.7. The fourth-order valence-corrected chi connectivity index (χ4v) is 5.98. The molecule has 1 aliphatic rings. The Kier molecular flexibility index (Phi) is 5.79. The fourth-order valence-electron chi connectivity index (χ4n) is 3.08. The van der Waals surface area contributed by atoms with E-state index < -0.39 is 10.0 Å². The van der Waals surface area contributed by atoms with Crippen LogP contribution in [-0.2, 0) is 21.4 Å². The highest BCUT2D eigenvalue weighted by atomic mass is 32.2. The molecule has 0 radical (unpaired) electrons. The molecule has 1 aromatic carbocycles. The molecule has 0 atom stereocenters. The van der Waals surface area contributed by atoms with Crippen LogP contribution in [0.15, 0.2) is 40.6 Å². The number of thiophene rings is 1. The van der Waals surface area contributed by atoms with E-state index >= 15 is 0 Å². The number of nitrogens with zero attached hydrogens (tertiary/aromatic N) is 1. The Labute approximate surface area is 159 Å². The molecule has 0 unspecified atom stereocenters. The number of hydrogen-bond acceptors (Lipinski definition) is 4. The SMILES string of the molecule is Cc1ccc(CNC(=O)C2CCN(S(=O)(=O)c3ccc(C)s3)CC2)cc1. The van der Waals surface area contributed by atoms with E-state index in [0.717, 1.165) is 10.4 Å². The quantitative estimate of drug-likeness (QED) is 0.850. The van der Waals surface area contributed by atoms with Crippen molar-refractivity contribution < 1.29 is 13.2 Å². The second kappa shape index (κ2) is 7.90. The average molecular weight is 393 g/mol. The summed E-state index contributed by atoms with van der Waals surface area (Å²) in [7, 11) is -3.43. The van der Waals surface area contributed by atoms with Crippen molar-refractivity contribution in [1.29, 1.82) is 0 Å². The van der Waals surface area contributed by atoms with Crippen molar-refractivity contribution in [3.8, 4) is 0 Å². The third kappa shape index (κ3) is 4.34. The Balaban J connectivity index is 1.53. The van der Waals surface area contributed by atoms with Crippen molar-refractivity contribution in [1.82, 2.24) is 9.62 Å². The summed E-state index contributed by atoms with van der Waals surface area (Å²) in [6, 6.07) is 11.5. The zero-order valence-electron chi connectivity index (χ0n) is 15.1. The third-order valence-corrected chi connectivity index (χ3v) is 8.09. The highest BCUT2D eigenvalue weighted by molar-refractivity contribution is 7.91. The van der Waals surface area contributed by atoms with Crippen LogP contribution in [0.3, 0.4) is 0 Å². The lowest BCUT2D eigenvalue weighted by atomic mass is 9.97. The summed E-state index contributed by atoms with van der Waals surface area (Å²) < 4.78 is 27.2. The smallest absolute Gasteiger partial charge is 0.252 e. The lowest BCUT2D eigenvalue weighted by molar-refractivity contribution is -0.126. The second-order valence-electron chi connectivity index (χ2n) is 6.75. The number of aryl methyl sites for hydroxylation is 2. The largest absolute Gasteiger partial charge is 0.352 e. The molecule has 1 aromatic heterocycles. The molecule has 0 spiro atoms. The topological polar surface area (TPSA) is 66.5 Å². The van der Waals surface area contributed by atoms with Crippen molar-refractivity contribution in [2.45, 2.75) is 37.4 Å². The minimum Gasteiger partial charge on any atom is -0.352 e. The van der Waals surface area contributed by atoms with Gasteiger partial charge >= 0.3 is 0 Å². The van der Waals surface area contributed by atoms with Gasteiger partial charge in [-0.2, -0.15) is 4.31 Å². The molecular formula is C19H24N2O3S2. The Bertz CT molecular complexity index is 864. The normalized spacial score (nSPS) is 16.5. The Morgan fingerprint density at radius 1 is 1.12 bits per heavy atom. The molecule has 140 valence electrons. The molecular weight excluding hydrogens is 368 g/mol. The van der Waals surface area contributed by atoms with Crippen molar-refractivity contribution in [2.24, 2.45) is 5.92 Å². The Morgan fingerprint density at radius 3 is 2.35 bits per heavy atom. The van der Waals surface area contributed by atoms with E-state index in [1.54, 1.807) is 6.07 Å². The standard InChI is InChI=1S/C19H24N2O3S2/c1-14-3-6-16(7-4-14)13-20-19(22)17-9-11-21(12-10-17)26(23,24)18-8-5-15(2)25-18/h3-8,17H,9-13H2,1-2H3,(H,20,22). The van der Waals surface area contributed by atoms with Crippen LogP contribution in [0.25, 0.3) is 0 Å². The van der Waals surface area contributed by atoms with Gasteiger partial charge in [0.25, 0.3) is 10.0 Å². The maximum Gasteiger partial charge on any atom is 0.252 e. The second-order valence-corrected chi connectivity index (χ2v) is 10.2. The first-order valence-electron chi connectivity index (χ1n) is 8.76. The number of benzene rings is 1. The maximum absolute atomic E-state index is 12.7. The summed E-state index contributed by atoms with van der Waals surface area (Å²) in [6.45, 7) is 5.21. The summed E-state index contributed by atoms with van der Waals surface area (Å²) in [5.74, 6) is -0.119. The van der Waals surface area contributed by atoms with Gasteiger partial charge in [0.05, 0.1) is 0 Å². The molecule has 1 saturated heterocycles. The third-order valence-electron chi connectivity index (χ3n) is 4.72. The molecule has 5 nitrogen and oxygen atoms in total. The predicted molar refractivity (Wildman–Crippen MR) is 104 cm³/mol. The first kappa shape index (κ1) is 19.1. The number of piperidine rings is 1.